The third kappa shape index (κ3) is 5.17. The van der Waals surface area contributed by atoms with Gasteiger partial charge in [-0.1, -0.05) is 25.1 Å². The lowest BCUT2D eigenvalue weighted by Crippen LogP contribution is -2.46. The zero-order valence-corrected chi connectivity index (χ0v) is 15.0. The lowest BCUT2D eigenvalue weighted by molar-refractivity contribution is -0.136. The number of nitrogens with one attached hydrogen (secondary N) is 1. The Morgan fingerprint density at radius 1 is 1.17 bits per heavy atom. The molecule has 0 bridgehead atoms. The molecule has 1 aromatic carbocycles. The van der Waals surface area contributed by atoms with Crippen LogP contribution in [-0.2, 0) is 9.59 Å². The Kier molecular flexibility index (Phi) is 6.98. The van der Waals surface area contributed by atoms with Crippen molar-refractivity contribution in [3.05, 3.63) is 30.3 Å². The van der Waals surface area contributed by atoms with Gasteiger partial charge in [-0.25, -0.2) is 0 Å². The molecule has 0 spiro atoms. The highest BCUT2D eigenvalue weighted by atomic mass is 16.1. The molecule has 0 saturated carbocycles. The molecule has 0 radical (unpaired) electrons. The summed E-state index contributed by atoms with van der Waals surface area (Å²) in [5.41, 5.74) is 0.740. The lowest BCUT2D eigenvalue weighted by Gasteiger charge is -2.40. The molecule has 0 aromatic heterocycles. The smallest absolute Gasteiger partial charge is 0.139 e. The normalized spacial score (nSPS) is 17.4. The molecule has 1 saturated heterocycles. The average Bonchev–Trinajstić information content (AvgIpc) is 2.57. The number of benzene rings is 1. The van der Waals surface area contributed by atoms with Gasteiger partial charge in [0.05, 0.1) is 0 Å². The third-order valence-electron chi connectivity index (χ3n) is 5.00. The van der Waals surface area contributed by atoms with E-state index in [0.29, 0.717) is 18.6 Å². The maximum atomic E-state index is 12.6. The summed E-state index contributed by atoms with van der Waals surface area (Å²) in [4.78, 5) is 26.6. The first-order valence-electron chi connectivity index (χ1n) is 9.10. The zero-order valence-electron chi connectivity index (χ0n) is 15.0. The van der Waals surface area contributed by atoms with Crippen molar-refractivity contribution in [2.24, 2.45) is 5.41 Å². The molecule has 1 N–H and O–H groups in total. The number of rotatable bonds is 9. The van der Waals surface area contributed by atoms with E-state index in [9.17, 15) is 9.59 Å². The molecule has 132 valence electrons. The van der Waals surface area contributed by atoms with Crippen molar-refractivity contribution in [1.82, 2.24) is 4.90 Å². The quantitative estimate of drug-likeness (QED) is 0.752. The van der Waals surface area contributed by atoms with Gasteiger partial charge in [-0.15, -0.1) is 0 Å². The molecule has 2 rings (SSSR count). The van der Waals surface area contributed by atoms with Crippen LogP contribution in [-0.4, -0.2) is 42.6 Å². The summed E-state index contributed by atoms with van der Waals surface area (Å²) in [5.74, 6) is 0.431. The molecule has 24 heavy (non-hydrogen) atoms. The summed E-state index contributed by atoms with van der Waals surface area (Å²) in [6, 6.07) is 10.2. The second-order valence-corrected chi connectivity index (χ2v) is 6.97. The molecule has 4 heteroatoms. The maximum absolute atomic E-state index is 12.6. The Labute approximate surface area is 145 Å². The number of anilines is 1. The Morgan fingerprint density at radius 3 is 2.42 bits per heavy atom. The van der Waals surface area contributed by atoms with Gasteiger partial charge in [0.2, 0.25) is 0 Å². The summed E-state index contributed by atoms with van der Waals surface area (Å²) < 4.78 is 0. The number of para-hydroxylation sites is 1. The van der Waals surface area contributed by atoms with Crippen molar-refractivity contribution in [1.29, 1.82) is 0 Å². The number of likely N-dealkylation sites (tertiary alicyclic amines) is 1. The number of nitrogens with zero attached hydrogens (tertiary/aromatic N) is 1. The number of ketones is 2. The number of hydrogen-bond donors (Lipinski definition) is 1. The maximum Gasteiger partial charge on any atom is 0.139 e. The summed E-state index contributed by atoms with van der Waals surface area (Å²) in [6.07, 6.45) is 3.52. The van der Waals surface area contributed by atoms with Crippen LogP contribution < -0.4 is 5.32 Å². The van der Waals surface area contributed by atoms with Crippen LogP contribution in [0.2, 0.25) is 0 Å². The van der Waals surface area contributed by atoms with E-state index in [1.54, 1.807) is 6.92 Å². The van der Waals surface area contributed by atoms with Gasteiger partial charge in [0, 0.05) is 37.0 Å². The number of Topliss-reactive ketones (excluding diaryl/α,β-unsaturated/α-hetero) is 2. The molecule has 1 aliphatic rings. The van der Waals surface area contributed by atoms with E-state index < -0.39 is 5.41 Å². The van der Waals surface area contributed by atoms with Gasteiger partial charge in [-0.2, -0.15) is 0 Å². The van der Waals surface area contributed by atoms with Crippen molar-refractivity contribution in [2.45, 2.75) is 46.0 Å². The zero-order chi connectivity index (χ0) is 17.4. The average molecular weight is 330 g/mol. The highest BCUT2D eigenvalue weighted by Crippen LogP contribution is 2.37. The fourth-order valence-electron chi connectivity index (χ4n) is 3.64. The monoisotopic (exact) mass is 330 g/mol. The molecule has 1 aromatic rings. The Morgan fingerprint density at radius 2 is 1.83 bits per heavy atom. The molecule has 1 fully saturated rings. The number of piperidine rings is 1. The molecule has 1 heterocycles. The molecule has 1 aliphatic heterocycles. The molecule has 0 aliphatic carbocycles. The van der Waals surface area contributed by atoms with E-state index in [1.165, 1.54) is 0 Å². The molecule has 4 nitrogen and oxygen atoms in total. The fraction of sp³-hybridized carbons (Fsp3) is 0.600. The second-order valence-electron chi connectivity index (χ2n) is 6.97. The van der Waals surface area contributed by atoms with Gasteiger partial charge < -0.3 is 10.2 Å². The predicted octanol–water partition coefficient (Wildman–Crippen LogP) is 3.53. The SMILES string of the molecule is CCCC(=O)C1(CC(C)=O)CCN(CCNc2ccccc2)CC1. The van der Waals surface area contributed by atoms with Gasteiger partial charge in [0.15, 0.2) is 0 Å². The fourth-order valence-corrected chi connectivity index (χ4v) is 3.64. The minimum atomic E-state index is -0.398. The van der Waals surface area contributed by atoms with Gasteiger partial charge in [0.25, 0.3) is 0 Å². The minimum absolute atomic E-state index is 0.138. The Bertz CT molecular complexity index is 534. The van der Waals surface area contributed by atoms with Crippen molar-refractivity contribution < 1.29 is 9.59 Å². The molecule has 0 atom stereocenters. The number of carbonyl (C=O) groups is 2. The summed E-state index contributed by atoms with van der Waals surface area (Å²) in [5, 5.41) is 3.43. The number of carbonyl (C=O) groups excluding carboxylic acids is 2. The predicted molar refractivity (Wildman–Crippen MR) is 98.3 cm³/mol. The van der Waals surface area contributed by atoms with Crippen LogP contribution in [0.25, 0.3) is 0 Å². The summed E-state index contributed by atoms with van der Waals surface area (Å²) >= 11 is 0. The first kappa shape index (κ1) is 18.7. The van der Waals surface area contributed by atoms with Crippen molar-refractivity contribution in [3.8, 4) is 0 Å². The van der Waals surface area contributed by atoms with Crippen molar-refractivity contribution >= 4 is 17.3 Å². The van der Waals surface area contributed by atoms with Gasteiger partial charge in [-0.3, -0.25) is 9.59 Å². The van der Waals surface area contributed by atoms with E-state index in [-0.39, 0.29) is 5.78 Å². The molecule has 0 amide bonds. The summed E-state index contributed by atoms with van der Waals surface area (Å²) in [6.45, 7) is 7.30. The Hall–Kier alpha value is -1.68. The molecular weight excluding hydrogens is 300 g/mol. The van der Waals surface area contributed by atoms with Crippen LogP contribution >= 0.6 is 0 Å². The largest absolute Gasteiger partial charge is 0.384 e. The van der Waals surface area contributed by atoms with Crippen LogP contribution in [0.4, 0.5) is 5.69 Å². The van der Waals surface area contributed by atoms with Crippen LogP contribution in [0.1, 0.15) is 46.0 Å². The van der Waals surface area contributed by atoms with Crippen molar-refractivity contribution in [3.63, 3.8) is 0 Å². The minimum Gasteiger partial charge on any atom is -0.384 e. The Balaban J connectivity index is 1.83. The van der Waals surface area contributed by atoms with Crippen LogP contribution in [0.15, 0.2) is 30.3 Å². The first-order valence-corrected chi connectivity index (χ1v) is 9.10. The van der Waals surface area contributed by atoms with Crippen molar-refractivity contribution in [2.75, 3.05) is 31.5 Å². The van der Waals surface area contributed by atoms with Crippen LogP contribution in [0.5, 0.6) is 0 Å². The standard InChI is InChI=1S/C20H30N2O2/c1-3-7-19(24)20(16-17(2)23)10-13-22(14-11-20)15-12-21-18-8-5-4-6-9-18/h4-6,8-9,21H,3,7,10-16H2,1-2H3. The molecular formula is C20H30N2O2. The van der Waals surface area contributed by atoms with Gasteiger partial charge in [-0.05, 0) is 51.4 Å². The van der Waals surface area contributed by atoms with E-state index in [0.717, 1.165) is 51.1 Å². The number of hydrogen-bond acceptors (Lipinski definition) is 4. The summed E-state index contributed by atoms with van der Waals surface area (Å²) in [7, 11) is 0. The van der Waals surface area contributed by atoms with Gasteiger partial charge >= 0.3 is 0 Å². The van der Waals surface area contributed by atoms with Crippen LogP contribution in [0, 0.1) is 5.41 Å². The van der Waals surface area contributed by atoms with E-state index in [4.69, 9.17) is 0 Å². The van der Waals surface area contributed by atoms with E-state index >= 15 is 0 Å². The highest BCUT2D eigenvalue weighted by Gasteiger charge is 2.40. The molecule has 0 unspecified atom stereocenters. The first-order chi connectivity index (χ1) is 11.6. The topological polar surface area (TPSA) is 49.4 Å². The van der Waals surface area contributed by atoms with E-state index in [1.807, 2.05) is 25.1 Å². The van der Waals surface area contributed by atoms with E-state index in [2.05, 4.69) is 22.3 Å². The third-order valence-corrected chi connectivity index (χ3v) is 5.00. The lowest BCUT2D eigenvalue weighted by atomic mass is 9.70. The van der Waals surface area contributed by atoms with Crippen LogP contribution in [0.3, 0.4) is 0 Å². The second kappa shape index (κ2) is 8.97. The highest BCUT2D eigenvalue weighted by molar-refractivity contribution is 5.90. The van der Waals surface area contributed by atoms with Gasteiger partial charge in [0.1, 0.15) is 11.6 Å².